The maximum absolute atomic E-state index is 12.8. The van der Waals surface area contributed by atoms with Gasteiger partial charge in [0.1, 0.15) is 0 Å². The second-order valence-corrected chi connectivity index (χ2v) is 7.12. The predicted molar refractivity (Wildman–Crippen MR) is 91.5 cm³/mol. The lowest BCUT2D eigenvalue weighted by Crippen LogP contribution is -2.45. The van der Waals surface area contributed by atoms with Crippen LogP contribution in [0.1, 0.15) is 49.9 Å². The first-order valence-electron chi connectivity index (χ1n) is 9.13. The number of nitrogens with zero attached hydrogens (tertiary/aromatic N) is 4. The lowest BCUT2D eigenvalue weighted by molar-refractivity contribution is -0.140. The zero-order valence-corrected chi connectivity index (χ0v) is 14.8. The van der Waals surface area contributed by atoms with E-state index in [0.717, 1.165) is 63.1 Å². The number of amides is 2. The Hall–Kier alpha value is -1.85. The van der Waals surface area contributed by atoms with E-state index in [1.807, 2.05) is 16.5 Å². The van der Waals surface area contributed by atoms with Gasteiger partial charge in [0.15, 0.2) is 0 Å². The van der Waals surface area contributed by atoms with Crippen LogP contribution in [0.15, 0.2) is 6.07 Å². The summed E-state index contributed by atoms with van der Waals surface area (Å²) in [6, 6.07) is 2.26. The van der Waals surface area contributed by atoms with Crippen LogP contribution in [0.2, 0.25) is 0 Å². The first kappa shape index (κ1) is 17.0. The third kappa shape index (κ3) is 3.79. The summed E-state index contributed by atoms with van der Waals surface area (Å²) in [5.41, 5.74) is 2.15. The maximum atomic E-state index is 12.8. The Balaban J connectivity index is 1.62. The van der Waals surface area contributed by atoms with Crippen LogP contribution in [0.25, 0.3) is 0 Å². The normalized spacial score (nSPS) is 22.1. The van der Waals surface area contributed by atoms with E-state index in [2.05, 4.69) is 18.1 Å². The van der Waals surface area contributed by atoms with Crippen LogP contribution in [0.3, 0.4) is 0 Å². The Morgan fingerprint density at radius 3 is 2.79 bits per heavy atom. The van der Waals surface area contributed by atoms with Crippen LogP contribution >= 0.6 is 0 Å². The highest BCUT2D eigenvalue weighted by Gasteiger charge is 2.31. The van der Waals surface area contributed by atoms with E-state index in [0.29, 0.717) is 6.42 Å². The molecule has 2 amide bonds. The van der Waals surface area contributed by atoms with Crippen LogP contribution in [0, 0.1) is 13.8 Å². The summed E-state index contributed by atoms with van der Waals surface area (Å²) in [6.45, 7) is 6.56. The number of hydrogen-bond donors (Lipinski definition) is 0. The van der Waals surface area contributed by atoms with Gasteiger partial charge in [-0.05, 0) is 45.6 Å². The van der Waals surface area contributed by atoms with Gasteiger partial charge in [-0.2, -0.15) is 5.10 Å². The summed E-state index contributed by atoms with van der Waals surface area (Å²) < 4.78 is 2.00. The molecular formula is C18H28N4O2. The third-order valence-electron chi connectivity index (χ3n) is 5.18. The molecule has 24 heavy (non-hydrogen) atoms. The van der Waals surface area contributed by atoms with E-state index in [-0.39, 0.29) is 24.4 Å². The van der Waals surface area contributed by atoms with E-state index in [9.17, 15) is 9.59 Å². The fraction of sp³-hybridized carbons (Fsp3) is 0.722. The highest BCUT2D eigenvalue weighted by molar-refractivity contribution is 5.85. The van der Waals surface area contributed by atoms with Crippen molar-refractivity contribution >= 4 is 11.8 Å². The fourth-order valence-corrected chi connectivity index (χ4v) is 3.87. The first-order valence-corrected chi connectivity index (χ1v) is 9.13. The molecule has 6 heteroatoms. The maximum Gasteiger partial charge on any atom is 0.242 e. The zero-order valence-electron chi connectivity index (χ0n) is 14.8. The quantitative estimate of drug-likeness (QED) is 0.846. The topological polar surface area (TPSA) is 58.4 Å². The molecule has 0 aromatic carbocycles. The molecular weight excluding hydrogens is 304 g/mol. The van der Waals surface area contributed by atoms with Gasteiger partial charge >= 0.3 is 0 Å². The minimum Gasteiger partial charge on any atom is -0.336 e. The van der Waals surface area contributed by atoms with Crippen LogP contribution in [0.5, 0.6) is 0 Å². The van der Waals surface area contributed by atoms with Crippen molar-refractivity contribution in [3.05, 3.63) is 17.5 Å². The van der Waals surface area contributed by atoms with Crippen LogP contribution in [-0.2, 0) is 16.1 Å². The molecule has 1 aromatic rings. The number of carbonyl (C=O) groups excluding carboxylic acids is 2. The van der Waals surface area contributed by atoms with Gasteiger partial charge < -0.3 is 9.80 Å². The molecule has 1 aromatic heterocycles. The van der Waals surface area contributed by atoms with Crippen LogP contribution in [-0.4, -0.2) is 57.1 Å². The molecule has 2 fully saturated rings. The molecule has 0 bridgehead atoms. The fourth-order valence-electron chi connectivity index (χ4n) is 3.87. The number of carbonyl (C=O) groups is 2. The van der Waals surface area contributed by atoms with E-state index >= 15 is 0 Å². The van der Waals surface area contributed by atoms with Gasteiger partial charge in [-0.25, -0.2) is 0 Å². The molecule has 6 nitrogen and oxygen atoms in total. The third-order valence-corrected chi connectivity index (χ3v) is 5.18. The average Bonchev–Trinajstić information content (AvgIpc) is 3.06. The molecule has 0 aliphatic carbocycles. The van der Waals surface area contributed by atoms with Crippen molar-refractivity contribution < 1.29 is 9.59 Å². The van der Waals surface area contributed by atoms with Crippen LogP contribution in [0.4, 0.5) is 0 Å². The van der Waals surface area contributed by atoms with Crippen molar-refractivity contribution in [1.82, 2.24) is 19.6 Å². The first-order chi connectivity index (χ1) is 11.5. The Morgan fingerprint density at radius 2 is 2.04 bits per heavy atom. The molecule has 3 heterocycles. The van der Waals surface area contributed by atoms with Gasteiger partial charge in [0.05, 0.1) is 24.8 Å². The number of rotatable bonds is 4. The predicted octanol–water partition coefficient (Wildman–Crippen LogP) is 1.89. The Labute approximate surface area is 143 Å². The average molecular weight is 332 g/mol. The molecule has 0 spiro atoms. The molecule has 2 saturated heterocycles. The molecule has 3 rings (SSSR count). The van der Waals surface area contributed by atoms with Crippen molar-refractivity contribution in [2.45, 2.75) is 65.0 Å². The minimum absolute atomic E-state index is 0.0919. The number of hydrogen-bond acceptors (Lipinski definition) is 3. The van der Waals surface area contributed by atoms with Crippen molar-refractivity contribution in [3.63, 3.8) is 0 Å². The van der Waals surface area contributed by atoms with Crippen molar-refractivity contribution in [2.24, 2.45) is 0 Å². The largest absolute Gasteiger partial charge is 0.336 e. The number of aromatic nitrogens is 2. The Bertz CT molecular complexity index is 610. The van der Waals surface area contributed by atoms with E-state index in [1.165, 1.54) is 0 Å². The molecule has 1 unspecified atom stereocenters. The lowest BCUT2D eigenvalue weighted by Gasteiger charge is -2.28. The molecule has 0 radical (unpaired) electrons. The van der Waals surface area contributed by atoms with E-state index < -0.39 is 0 Å². The number of aryl methyl sites for hydroxylation is 2. The molecule has 2 aliphatic heterocycles. The summed E-state index contributed by atoms with van der Waals surface area (Å²) in [6.07, 6.45) is 5.67. The monoisotopic (exact) mass is 332 g/mol. The summed E-state index contributed by atoms with van der Waals surface area (Å²) in [5.74, 6) is 0.226. The van der Waals surface area contributed by atoms with E-state index in [4.69, 9.17) is 0 Å². The van der Waals surface area contributed by atoms with Gasteiger partial charge in [-0.1, -0.05) is 6.42 Å². The number of likely N-dealkylation sites (tertiary alicyclic amines) is 2. The van der Waals surface area contributed by atoms with Crippen molar-refractivity contribution in [1.29, 1.82) is 0 Å². The van der Waals surface area contributed by atoms with Gasteiger partial charge in [-0.3, -0.25) is 14.3 Å². The van der Waals surface area contributed by atoms with Crippen molar-refractivity contribution in [2.75, 3.05) is 19.6 Å². The Morgan fingerprint density at radius 1 is 1.21 bits per heavy atom. The SMILES string of the molecule is Cc1cc(C)n(CC2CCCN2C(=O)CN2CCCCCC2=O)n1. The van der Waals surface area contributed by atoms with Gasteiger partial charge in [-0.15, -0.1) is 0 Å². The second-order valence-electron chi connectivity index (χ2n) is 7.12. The summed E-state index contributed by atoms with van der Waals surface area (Å²) in [5, 5.41) is 4.52. The smallest absolute Gasteiger partial charge is 0.242 e. The summed E-state index contributed by atoms with van der Waals surface area (Å²) >= 11 is 0. The Kier molecular flexibility index (Phi) is 5.21. The second kappa shape index (κ2) is 7.36. The van der Waals surface area contributed by atoms with Gasteiger partial charge in [0.2, 0.25) is 11.8 Å². The highest BCUT2D eigenvalue weighted by Crippen LogP contribution is 2.21. The minimum atomic E-state index is 0.0919. The van der Waals surface area contributed by atoms with Gasteiger partial charge in [0, 0.05) is 25.2 Å². The van der Waals surface area contributed by atoms with Crippen LogP contribution < -0.4 is 0 Å². The molecule has 2 aliphatic rings. The zero-order chi connectivity index (χ0) is 17.1. The lowest BCUT2D eigenvalue weighted by atomic mass is 10.2. The summed E-state index contributed by atoms with van der Waals surface area (Å²) in [7, 11) is 0. The molecule has 0 saturated carbocycles. The molecule has 0 N–H and O–H groups in total. The standard InChI is InChI=1S/C18H28N4O2/c1-14-11-15(2)22(19-14)12-16-7-6-10-21(16)18(24)13-20-9-5-3-4-8-17(20)23/h11,16H,3-10,12-13H2,1-2H3. The summed E-state index contributed by atoms with van der Waals surface area (Å²) in [4.78, 5) is 28.6. The molecule has 132 valence electrons. The molecule has 1 atom stereocenters. The van der Waals surface area contributed by atoms with Crippen molar-refractivity contribution in [3.8, 4) is 0 Å². The van der Waals surface area contributed by atoms with Gasteiger partial charge in [0.25, 0.3) is 0 Å². The van der Waals surface area contributed by atoms with E-state index in [1.54, 1.807) is 4.90 Å². The highest BCUT2D eigenvalue weighted by atomic mass is 16.2.